The van der Waals surface area contributed by atoms with E-state index in [1.54, 1.807) is 15.8 Å². The number of nitrogens with zero attached hydrogens (tertiary/aromatic N) is 3. The maximum absolute atomic E-state index is 13.1. The van der Waals surface area contributed by atoms with Gasteiger partial charge in [0.25, 0.3) is 5.56 Å². The topological polar surface area (TPSA) is 55.2 Å². The summed E-state index contributed by atoms with van der Waals surface area (Å²) < 4.78 is 2.34. The molecule has 4 rings (SSSR count). The minimum Gasteiger partial charge on any atom is -0.341 e. The van der Waals surface area contributed by atoms with Crippen LogP contribution in [0, 0.1) is 5.41 Å². The van der Waals surface area contributed by atoms with Crippen molar-refractivity contribution in [2.24, 2.45) is 5.41 Å². The number of aromatic nitrogens is 2. The molecule has 0 aliphatic carbocycles. The Morgan fingerprint density at radius 1 is 1.06 bits per heavy atom. The van der Waals surface area contributed by atoms with Crippen LogP contribution in [0.5, 0.6) is 0 Å². The summed E-state index contributed by atoms with van der Waals surface area (Å²) in [5.41, 5.74) is 3.93. The van der Waals surface area contributed by atoms with Gasteiger partial charge >= 0.3 is 0 Å². The van der Waals surface area contributed by atoms with Crippen molar-refractivity contribution in [2.45, 2.75) is 46.7 Å². The molecule has 35 heavy (non-hydrogen) atoms. The summed E-state index contributed by atoms with van der Waals surface area (Å²) in [6, 6.07) is 17.8. The number of hydrogen-bond acceptors (Lipinski definition) is 4. The van der Waals surface area contributed by atoms with Crippen LogP contribution in [-0.4, -0.2) is 27.4 Å². The Balaban J connectivity index is 1.41. The summed E-state index contributed by atoms with van der Waals surface area (Å²) in [6.07, 6.45) is 2.88. The first-order chi connectivity index (χ1) is 16.6. The number of aryl methyl sites for hydroxylation is 2. The van der Waals surface area contributed by atoms with E-state index in [0.717, 1.165) is 33.5 Å². The van der Waals surface area contributed by atoms with E-state index in [4.69, 9.17) is 11.6 Å². The van der Waals surface area contributed by atoms with Crippen LogP contribution in [0.1, 0.15) is 38.3 Å². The predicted octanol–water partition coefficient (Wildman–Crippen LogP) is 6.42. The highest BCUT2D eigenvalue weighted by Gasteiger charge is 2.19. The lowest BCUT2D eigenvalue weighted by atomic mass is 9.91. The lowest BCUT2D eigenvalue weighted by molar-refractivity contribution is -0.132. The van der Waals surface area contributed by atoms with Crippen LogP contribution in [0.25, 0.3) is 20.7 Å². The number of halogens is 1. The molecule has 0 aliphatic rings. The van der Waals surface area contributed by atoms with Crippen LogP contribution in [0.2, 0.25) is 5.02 Å². The van der Waals surface area contributed by atoms with Crippen molar-refractivity contribution in [1.82, 2.24) is 14.5 Å². The molecule has 4 aromatic rings. The lowest BCUT2D eigenvalue weighted by Gasteiger charge is -2.23. The molecule has 0 aliphatic heterocycles. The minimum atomic E-state index is -0.0221. The normalized spacial score (nSPS) is 11.7. The van der Waals surface area contributed by atoms with Crippen molar-refractivity contribution < 1.29 is 4.79 Å². The van der Waals surface area contributed by atoms with Crippen LogP contribution in [0.3, 0.4) is 0 Å². The largest absolute Gasteiger partial charge is 0.341 e. The van der Waals surface area contributed by atoms with Gasteiger partial charge in [-0.05, 0) is 46.7 Å². The Kier molecular flexibility index (Phi) is 7.43. The number of hydrogen-bond donors (Lipinski definition) is 0. The zero-order valence-electron chi connectivity index (χ0n) is 20.5. The van der Waals surface area contributed by atoms with Crippen molar-refractivity contribution >= 4 is 39.1 Å². The first-order valence-electron chi connectivity index (χ1n) is 11.7. The number of amides is 1. The third-order valence-electron chi connectivity index (χ3n) is 5.82. The number of carbonyl (C=O) groups is 1. The molecule has 182 valence electrons. The standard InChI is InChI=1S/C28H30ClN3O2S/c1-28(2,3)16-25(33)31(4)17-20-7-5-19(6-8-20)13-14-32-18-30-23-15-24(35-26(23)27(32)34)21-9-11-22(29)12-10-21/h5-12,15,18H,13-14,16-17H2,1-4H3. The van der Waals surface area contributed by atoms with Gasteiger partial charge in [-0.2, -0.15) is 0 Å². The van der Waals surface area contributed by atoms with E-state index in [0.29, 0.717) is 29.2 Å². The van der Waals surface area contributed by atoms with Crippen molar-refractivity contribution in [1.29, 1.82) is 0 Å². The Bertz CT molecular complexity index is 1380. The first-order valence-corrected chi connectivity index (χ1v) is 12.9. The van der Waals surface area contributed by atoms with E-state index >= 15 is 0 Å². The molecule has 0 N–H and O–H groups in total. The monoisotopic (exact) mass is 507 g/mol. The van der Waals surface area contributed by atoms with Gasteiger partial charge in [0.15, 0.2) is 0 Å². The zero-order chi connectivity index (χ0) is 25.2. The van der Waals surface area contributed by atoms with Gasteiger partial charge in [-0.15, -0.1) is 11.3 Å². The molecule has 2 aromatic carbocycles. The molecule has 0 saturated carbocycles. The van der Waals surface area contributed by atoms with Crippen LogP contribution in [0.4, 0.5) is 0 Å². The van der Waals surface area contributed by atoms with E-state index in [2.05, 4.69) is 50.0 Å². The van der Waals surface area contributed by atoms with Gasteiger partial charge in [0.05, 0.1) is 11.8 Å². The number of benzene rings is 2. The van der Waals surface area contributed by atoms with Crippen LogP contribution < -0.4 is 5.56 Å². The molecule has 5 nitrogen and oxygen atoms in total. The smallest absolute Gasteiger partial charge is 0.271 e. The molecule has 0 radical (unpaired) electrons. The van der Waals surface area contributed by atoms with Gasteiger partial charge < -0.3 is 4.90 Å². The molecule has 2 heterocycles. The summed E-state index contributed by atoms with van der Waals surface area (Å²) in [7, 11) is 1.85. The summed E-state index contributed by atoms with van der Waals surface area (Å²) in [6.45, 7) is 7.36. The average molecular weight is 508 g/mol. The molecule has 7 heteroatoms. The first kappa shape index (κ1) is 25.1. The van der Waals surface area contributed by atoms with Crippen LogP contribution >= 0.6 is 22.9 Å². The highest BCUT2D eigenvalue weighted by Crippen LogP contribution is 2.31. The van der Waals surface area contributed by atoms with E-state index < -0.39 is 0 Å². The molecular formula is C28H30ClN3O2S. The number of carbonyl (C=O) groups excluding carboxylic acids is 1. The van der Waals surface area contributed by atoms with Crippen molar-refractivity contribution in [3.05, 3.63) is 87.4 Å². The van der Waals surface area contributed by atoms with Gasteiger partial charge in [0.1, 0.15) is 4.70 Å². The van der Waals surface area contributed by atoms with Gasteiger partial charge in [-0.1, -0.05) is 68.8 Å². The van der Waals surface area contributed by atoms with Crippen LogP contribution in [-0.2, 0) is 24.3 Å². The Hall–Kier alpha value is -2.96. The van der Waals surface area contributed by atoms with Gasteiger partial charge in [0.2, 0.25) is 5.91 Å². The summed E-state index contributed by atoms with van der Waals surface area (Å²) in [5.74, 6) is 0.150. The maximum atomic E-state index is 13.1. The fourth-order valence-electron chi connectivity index (χ4n) is 3.87. The molecule has 0 saturated heterocycles. The van der Waals surface area contributed by atoms with E-state index in [9.17, 15) is 9.59 Å². The summed E-state index contributed by atoms with van der Waals surface area (Å²) in [4.78, 5) is 32.7. The number of thiophene rings is 1. The van der Waals surface area contributed by atoms with Crippen LogP contribution in [0.15, 0.2) is 65.7 Å². The van der Waals surface area contributed by atoms with E-state index in [1.807, 2.05) is 37.4 Å². The third-order valence-corrected chi connectivity index (χ3v) is 7.24. The van der Waals surface area contributed by atoms with E-state index in [1.165, 1.54) is 11.3 Å². The molecule has 0 bridgehead atoms. The quantitative estimate of drug-likeness (QED) is 0.290. The average Bonchev–Trinajstić information content (AvgIpc) is 3.24. The molecule has 1 amide bonds. The van der Waals surface area contributed by atoms with Gasteiger partial charge in [-0.3, -0.25) is 14.2 Å². The predicted molar refractivity (Wildman–Crippen MR) is 145 cm³/mol. The molecular weight excluding hydrogens is 478 g/mol. The highest BCUT2D eigenvalue weighted by atomic mass is 35.5. The molecule has 0 unspecified atom stereocenters. The Morgan fingerprint density at radius 2 is 1.71 bits per heavy atom. The van der Waals surface area contributed by atoms with E-state index in [-0.39, 0.29) is 16.9 Å². The second kappa shape index (κ2) is 10.3. The molecule has 0 spiro atoms. The minimum absolute atomic E-state index is 0.0178. The second-order valence-corrected chi connectivity index (χ2v) is 11.6. The number of rotatable bonds is 7. The summed E-state index contributed by atoms with van der Waals surface area (Å²) >= 11 is 7.46. The molecule has 0 fully saturated rings. The fourth-order valence-corrected chi connectivity index (χ4v) is 5.06. The van der Waals surface area contributed by atoms with Crippen molar-refractivity contribution in [3.8, 4) is 10.4 Å². The maximum Gasteiger partial charge on any atom is 0.271 e. The SMILES string of the molecule is CN(Cc1ccc(CCn2cnc3cc(-c4ccc(Cl)cc4)sc3c2=O)cc1)C(=O)CC(C)(C)C. The number of fused-ring (bicyclic) bond motifs is 1. The van der Waals surface area contributed by atoms with Crippen molar-refractivity contribution in [3.63, 3.8) is 0 Å². The van der Waals surface area contributed by atoms with Gasteiger partial charge in [-0.25, -0.2) is 4.98 Å². The highest BCUT2D eigenvalue weighted by molar-refractivity contribution is 7.22. The zero-order valence-corrected chi connectivity index (χ0v) is 22.1. The molecule has 0 atom stereocenters. The lowest BCUT2D eigenvalue weighted by Crippen LogP contribution is -2.29. The van der Waals surface area contributed by atoms with Crippen molar-refractivity contribution in [2.75, 3.05) is 7.05 Å². The van der Waals surface area contributed by atoms with Gasteiger partial charge in [0, 0.05) is 36.5 Å². The fraction of sp³-hybridized carbons (Fsp3) is 0.321. The summed E-state index contributed by atoms with van der Waals surface area (Å²) in [5, 5.41) is 0.685. The third kappa shape index (κ3) is 6.38. The Labute approximate surface area is 215 Å². The Morgan fingerprint density at radius 3 is 2.37 bits per heavy atom. The molecule has 2 aromatic heterocycles. The second-order valence-electron chi connectivity index (χ2n) is 10.1.